The number of hydrogen-bond donors (Lipinski definition) is 3. The third-order valence-corrected chi connectivity index (χ3v) is 5.12. The molecule has 0 aromatic carbocycles. The summed E-state index contributed by atoms with van der Waals surface area (Å²) in [6.07, 6.45) is 1.33. The maximum Gasteiger partial charge on any atom is 0.407 e. The molecule has 2 amide bonds. The fourth-order valence-corrected chi connectivity index (χ4v) is 3.87. The van der Waals surface area contributed by atoms with E-state index in [-0.39, 0.29) is 37.4 Å². The number of aliphatic carboxylic acids is 1. The second-order valence-corrected chi connectivity index (χ2v) is 7.03. The minimum absolute atomic E-state index is 0.00862. The first-order valence-corrected chi connectivity index (χ1v) is 9.56. The Morgan fingerprint density at radius 2 is 2.06 bits per heavy atom. The van der Waals surface area contributed by atoms with E-state index in [4.69, 9.17) is 9.47 Å². The molecule has 1 fully saturated rings. The van der Waals surface area contributed by atoms with Crippen LogP contribution in [0, 0.1) is 11.8 Å². The normalized spacial score (nSPS) is 22.4. The molecular formula is C20H25N3O8. The van der Waals surface area contributed by atoms with Gasteiger partial charge in [-0.1, -0.05) is 18.7 Å². The third-order valence-electron chi connectivity index (χ3n) is 5.12. The molecule has 0 radical (unpaired) electrons. The van der Waals surface area contributed by atoms with Crippen molar-refractivity contribution in [2.24, 2.45) is 16.8 Å². The van der Waals surface area contributed by atoms with Gasteiger partial charge in [0.2, 0.25) is 12.0 Å². The van der Waals surface area contributed by atoms with Crippen LogP contribution in [0.1, 0.15) is 13.3 Å². The number of carboxylic acids is 1. The van der Waals surface area contributed by atoms with Crippen LogP contribution in [-0.2, 0) is 23.9 Å². The predicted octanol–water partition coefficient (Wildman–Crippen LogP) is 0.330. The first-order chi connectivity index (χ1) is 14.8. The zero-order valence-electron chi connectivity index (χ0n) is 17.0. The Morgan fingerprint density at radius 3 is 2.61 bits per heavy atom. The molecule has 31 heavy (non-hydrogen) atoms. The summed E-state index contributed by atoms with van der Waals surface area (Å²) in [5.41, 5.74) is -0.0162. The quantitative estimate of drug-likeness (QED) is 0.171. The molecule has 0 bridgehead atoms. The molecule has 0 aromatic heterocycles. The van der Waals surface area contributed by atoms with Crippen LogP contribution in [0.25, 0.3) is 0 Å². The number of nitrogens with zero attached hydrogens (tertiary/aromatic N) is 2. The molecule has 0 spiro atoms. The number of carbonyl (C=O) groups is 3. The molecule has 0 aromatic rings. The maximum atomic E-state index is 12.5. The number of β-lactam (4-membered cyclic amide) rings is 1. The van der Waals surface area contributed by atoms with Crippen molar-refractivity contribution < 1.29 is 38.9 Å². The third kappa shape index (κ3) is 5.08. The first kappa shape index (κ1) is 24.0. The molecule has 2 heterocycles. The number of alkyl carbamates (subject to hydrolysis) is 1. The number of amides is 2. The van der Waals surface area contributed by atoms with E-state index >= 15 is 0 Å². The van der Waals surface area contributed by atoms with E-state index in [1.807, 2.05) is 0 Å². The van der Waals surface area contributed by atoms with E-state index in [2.05, 4.69) is 23.5 Å². The molecule has 1 saturated heterocycles. The van der Waals surface area contributed by atoms with Crippen LogP contribution in [0.15, 0.2) is 41.6 Å². The van der Waals surface area contributed by atoms with Gasteiger partial charge in [0, 0.05) is 12.5 Å². The predicted molar refractivity (Wildman–Crippen MR) is 106 cm³/mol. The molecular weight excluding hydrogens is 410 g/mol. The summed E-state index contributed by atoms with van der Waals surface area (Å²) in [7, 11) is 0. The lowest BCUT2D eigenvalue weighted by Gasteiger charge is -2.44. The van der Waals surface area contributed by atoms with Crippen molar-refractivity contribution in [1.82, 2.24) is 10.2 Å². The van der Waals surface area contributed by atoms with Gasteiger partial charge in [-0.15, -0.1) is 6.58 Å². The lowest BCUT2D eigenvalue weighted by atomic mass is 9.81. The zero-order valence-corrected chi connectivity index (χ0v) is 17.0. The minimum atomic E-state index is -1.35. The van der Waals surface area contributed by atoms with E-state index in [1.165, 1.54) is 25.2 Å². The standard InChI is InChI=1S/C20H25N3O8/c1-4-6-30-17(22-10-24)13(9-21-20(29)31-7-5-2)12-8-14-15(11(3)25)18(26)23(14)16(12)19(27)28/h4-5,11,13-15,17,25H,1-2,6-9H2,3H3,(H,21,29)(H,27,28)/t11-,13?,14-,15-,17?/m1/s1. The Morgan fingerprint density at radius 1 is 1.39 bits per heavy atom. The summed E-state index contributed by atoms with van der Waals surface area (Å²) in [4.78, 5) is 52.1. The Labute approximate surface area is 178 Å². The van der Waals surface area contributed by atoms with Crippen molar-refractivity contribution in [1.29, 1.82) is 0 Å². The molecule has 2 unspecified atom stereocenters. The topological polar surface area (TPSA) is 155 Å². The summed E-state index contributed by atoms with van der Waals surface area (Å²) < 4.78 is 10.4. The number of ether oxygens (including phenoxy) is 2. The number of aliphatic hydroxyl groups excluding tert-OH is 1. The van der Waals surface area contributed by atoms with Crippen molar-refractivity contribution in [2.45, 2.75) is 31.7 Å². The van der Waals surface area contributed by atoms with E-state index in [0.29, 0.717) is 0 Å². The van der Waals surface area contributed by atoms with Crippen LogP contribution >= 0.6 is 0 Å². The lowest BCUT2D eigenvalue weighted by molar-refractivity contribution is -0.161. The van der Waals surface area contributed by atoms with Gasteiger partial charge in [-0.25, -0.2) is 14.4 Å². The Balaban J connectivity index is 2.40. The van der Waals surface area contributed by atoms with Crippen molar-refractivity contribution in [3.63, 3.8) is 0 Å². The average molecular weight is 435 g/mol. The second-order valence-electron chi connectivity index (χ2n) is 7.03. The molecule has 0 aliphatic carbocycles. The fraction of sp³-hybridized carbons (Fsp3) is 0.500. The van der Waals surface area contributed by atoms with Gasteiger partial charge in [-0.05, 0) is 18.9 Å². The number of isocyanates is 1. The number of nitrogens with one attached hydrogen (secondary N) is 1. The van der Waals surface area contributed by atoms with Crippen molar-refractivity contribution in [3.05, 3.63) is 36.6 Å². The highest BCUT2D eigenvalue weighted by Gasteiger charge is 2.57. The highest BCUT2D eigenvalue weighted by atomic mass is 16.5. The average Bonchev–Trinajstić information content (AvgIpc) is 3.05. The molecule has 3 N–H and O–H groups in total. The monoisotopic (exact) mass is 435 g/mol. The van der Waals surface area contributed by atoms with Crippen LogP contribution in [0.4, 0.5) is 4.79 Å². The maximum absolute atomic E-state index is 12.5. The van der Waals surface area contributed by atoms with Crippen LogP contribution in [0.3, 0.4) is 0 Å². The van der Waals surface area contributed by atoms with E-state index in [0.717, 1.165) is 4.90 Å². The number of fused-ring (bicyclic) bond motifs is 1. The summed E-state index contributed by atoms with van der Waals surface area (Å²) >= 11 is 0. The van der Waals surface area contributed by atoms with Crippen LogP contribution in [-0.4, -0.2) is 77.3 Å². The van der Waals surface area contributed by atoms with Crippen LogP contribution in [0.2, 0.25) is 0 Å². The van der Waals surface area contributed by atoms with Crippen LogP contribution in [0.5, 0.6) is 0 Å². The van der Waals surface area contributed by atoms with Gasteiger partial charge in [-0.2, -0.15) is 4.99 Å². The highest BCUT2D eigenvalue weighted by molar-refractivity contribution is 5.99. The minimum Gasteiger partial charge on any atom is -0.477 e. The number of rotatable bonds is 12. The lowest BCUT2D eigenvalue weighted by Crippen LogP contribution is -2.61. The first-order valence-electron chi connectivity index (χ1n) is 9.56. The van der Waals surface area contributed by atoms with E-state index in [9.17, 15) is 29.4 Å². The van der Waals surface area contributed by atoms with Crippen molar-refractivity contribution >= 4 is 24.0 Å². The number of carbonyl (C=O) groups excluding carboxylic acids is 3. The number of carboxylic acid groups (broad SMARTS) is 1. The largest absolute Gasteiger partial charge is 0.477 e. The number of hydrogen-bond acceptors (Lipinski definition) is 8. The molecule has 0 saturated carbocycles. The second kappa shape index (κ2) is 10.7. The summed E-state index contributed by atoms with van der Waals surface area (Å²) in [5, 5.41) is 22.2. The number of aliphatic hydroxyl groups is 1. The van der Waals surface area contributed by atoms with Gasteiger partial charge in [-0.3, -0.25) is 4.79 Å². The Bertz CT molecular complexity index is 830. The molecule has 5 atom stereocenters. The molecule has 168 valence electrons. The van der Waals surface area contributed by atoms with Gasteiger partial charge in [0.05, 0.1) is 24.7 Å². The van der Waals surface area contributed by atoms with Crippen molar-refractivity contribution in [3.8, 4) is 0 Å². The van der Waals surface area contributed by atoms with Crippen LogP contribution < -0.4 is 5.32 Å². The fourth-order valence-electron chi connectivity index (χ4n) is 3.87. The highest BCUT2D eigenvalue weighted by Crippen LogP contribution is 2.46. The SMILES string of the molecule is C=CCOC(=O)NCC(C1=C(C(=O)O)N2C(=O)[C@H]([C@@H](C)O)[C@H]2C1)C(N=C=O)OCC=C. The smallest absolute Gasteiger partial charge is 0.407 e. The molecule has 11 heteroatoms. The van der Waals surface area contributed by atoms with Gasteiger partial charge in [0.25, 0.3) is 0 Å². The molecule has 2 aliphatic heterocycles. The van der Waals surface area contributed by atoms with E-state index < -0.39 is 48.2 Å². The Kier molecular flexibility index (Phi) is 8.26. The molecule has 2 aliphatic rings. The van der Waals surface area contributed by atoms with Gasteiger partial charge in [0.1, 0.15) is 12.3 Å². The number of aliphatic imine (C=N–C) groups is 1. The van der Waals surface area contributed by atoms with E-state index in [1.54, 1.807) is 0 Å². The van der Waals surface area contributed by atoms with Crippen molar-refractivity contribution in [2.75, 3.05) is 19.8 Å². The van der Waals surface area contributed by atoms with Gasteiger partial charge < -0.3 is 29.9 Å². The summed E-state index contributed by atoms with van der Waals surface area (Å²) in [6.45, 7) is 8.18. The summed E-state index contributed by atoms with van der Waals surface area (Å²) in [6, 6.07) is -0.552. The zero-order chi connectivity index (χ0) is 23.1. The Hall–Kier alpha value is -3.27. The molecule has 2 rings (SSSR count). The molecule has 11 nitrogen and oxygen atoms in total. The van der Waals surface area contributed by atoms with Gasteiger partial charge >= 0.3 is 12.1 Å². The van der Waals surface area contributed by atoms with Gasteiger partial charge in [0.15, 0.2) is 6.23 Å². The summed E-state index contributed by atoms with van der Waals surface area (Å²) in [5.74, 6) is -3.53.